The van der Waals surface area contributed by atoms with E-state index in [4.69, 9.17) is 4.74 Å². The van der Waals surface area contributed by atoms with Gasteiger partial charge in [0.1, 0.15) is 0 Å². The Bertz CT molecular complexity index is 281. The first-order valence-electron chi connectivity index (χ1n) is 7.11. The minimum Gasteiger partial charge on any atom is -0.435 e. The van der Waals surface area contributed by atoms with Gasteiger partial charge in [0, 0.05) is 19.3 Å². The molecule has 0 heterocycles. The van der Waals surface area contributed by atoms with E-state index in [1.165, 1.54) is 31.9 Å². The van der Waals surface area contributed by atoms with Gasteiger partial charge < -0.3 is 4.74 Å². The lowest BCUT2D eigenvalue weighted by Crippen LogP contribution is -1.94. The molecule has 0 unspecified atom stereocenters. The molecule has 0 spiro atoms. The van der Waals surface area contributed by atoms with Crippen molar-refractivity contribution in [1.82, 2.24) is 0 Å². The number of carbonyl (C=O) groups excluding carboxylic acids is 1. The van der Waals surface area contributed by atoms with Gasteiger partial charge in [-0.3, -0.25) is 4.79 Å². The molecule has 0 N–H and O–H groups in total. The highest BCUT2D eigenvalue weighted by Crippen LogP contribution is 2.01. The van der Waals surface area contributed by atoms with E-state index in [1.807, 2.05) is 6.08 Å². The van der Waals surface area contributed by atoms with Gasteiger partial charge in [-0.1, -0.05) is 33.1 Å². The van der Waals surface area contributed by atoms with Crippen LogP contribution < -0.4 is 0 Å². The zero-order chi connectivity index (χ0) is 13.5. The monoisotopic (exact) mass is 250 g/mol. The zero-order valence-corrected chi connectivity index (χ0v) is 11.8. The van der Waals surface area contributed by atoms with Gasteiger partial charge in [0.2, 0.25) is 0 Å². The van der Waals surface area contributed by atoms with Crippen LogP contribution in [0.4, 0.5) is 0 Å². The molecular formula is C16H26O2. The Balaban J connectivity index is 3.29. The van der Waals surface area contributed by atoms with E-state index in [0.29, 0.717) is 6.42 Å². The van der Waals surface area contributed by atoms with Gasteiger partial charge >= 0.3 is 5.97 Å². The van der Waals surface area contributed by atoms with Gasteiger partial charge in [0.15, 0.2) is 0 Å². The summed E-state index contributed by atoms with van der Waals surface area (Å²) < 4.78 is 4.82. The standard InChI is InChI=1S/C16H26O2/c1-3-5-6-7-8-9-10-11-12-13-14-15-18-16(17)4-2/h14-15H,3-8,11-13H2,1-2H3/b15-14-. The Hall–Kier alpha value is -1.23. The number of allylic oxidation sites excluding steroid dienone is 1. The lowest BCUT2D eigenvalue weighted by molar-refractivity contribution is -0.137. The quantitative estimate of drug-likeness (QED) is 0.259. The zero-order valence-electron chi connectivity index (χ0n) is 11.8. The van der Waals surface area contributed by atoms with E-state index in [0.717, 1.165) is 25.7 Å². The summed E-state index contributed by atoms with van der Waals surface area (Å²) in [4.78, 5) is 10.8. The SMILES string of the molecule is CCCCCCC#CCCC/C=C\OC(=O)CC. The van der Waals surface area contributed by atoms with E-state index in [-0.39, 0.29) is 5.97 Å². The maximum atomic E-state index is 10.8. The van der Waals surface area contributed by atoms with Crippen LogP contribution in [0.1, 0.15) is 71.6 Å². The summed E-state index contributed by atoms with van der Waals surface area (Å²) in [6, 6.07) is 0. The molecule has 0 fully saturated rings. The second kappa shape index (κ2) is 13.8. The van der Waals surface area contributed by atoms with Crippen molar-refractivity contribution < 1.29 is 9.53 Å². The number of hydrogen-bond acceptors (Lipinski definition) is 2. The average Bonchev–Trinajstić information content (AvgIpc) is 2.39. The van der Waals surface area contributed by atoms with E-state index in [1.54, 1.807) is 6.92 Å². The van der Waals surface area contributed by atoms with Crippen LogP contribution in [0.5, 0.6) is 0 Å². The summed E-state index contributed by atoms with van der Waals surface area (Å²) in [5.74, 6) is 6.20. The molecule has 0 aromatic rings. The Morgan fingerprint density at radius 1 is 1.06 bits per heavy atom. The molecule has 0 bridgehead atoms. The molecule has 18 heavy (non-hydrogen) atoms. The molecule has 0 amide bonds. The molecule has 0 rings (SSSR count). The van der Waals surface area contributed by atoms with Crippen LogP contribution in [0.15, 0.2) is 12.3 Å². The molecule has 0 saturated carbocycles. The molecule has 0 aromatic heterocycles. The van der Waals surface area contributed by atoms with Crippen molar-refractivity contribution in [3.8, 4) is 11.8 Å². The molecular weight excluding hydrogens is 224 g/mol. The fourth-order valence-electron chi connectivity index (χ4n) is 1.40. The third-order valence-corrected chi connectivity index (χ3v) is 2.54. The summed E-state index contributed by atoms with van der Waals surface area (Å²) in [5, 5.41) is 0. The summed E-state index contributed by atoms with van der Waals surface area (Å²) in [6.07, 6.45) is 12.8. The molecule has 0 aliphatic carbocycles. The van der Waals surface area contributed by atoms with Gasteiger partial charge in [-0.15, -0.1) is 11.8 Å². The van der Waals surface area contributed by atoms with Gasteiger partial charge in [-0.25, -0.2) is 0 Å². The fourth-order valence-corrected chi connectivity index (χ4v) is 1.40. The molecule has 0 aliphatic rings. The van der Waals surface area contributed by atoms with Crippen molar-refractivity contribution in [3.05, 3.63) is 12.3 Å². The number of ether oxygens (including phenoxy) is 1. The number of carbonyl (C=O) groups is 1. The van der Waals surface area contributed by atoms with Crippen molar-refractivity contribution in [3.63, 3.8) is 0 Å². The highest BCUT2D eigenvalue weighted by molar-refractivity contribution is 5.69. The number of rotatable bonds is 9. The first-order chi connectivity index (χ1) is 8.81. The Morgan fingerprint density at radius 3 is 2.44 bits per heavy atom. The smallest absolute Gasteiger partial charge is 0.310 e. The van der Waals surface area contributed by atoms with Crippen LogP contribution in [0, 0.1) is 11.8 Å². The fraction of sp³-hybridized carbons (Fsp3) is 0.688. The number of esters is 1. The highest BCUT2D eigenvalue weighted by atomic mass is 16.5. The minimum absolute atomic E-state index is 0.182. The predicted octanol–water partition coefficient (Wildman–Crippen LogP) is 4.60. The molecule has 0 aromatic carbocycles. The molecule has 0 saturated heterocycles. The van der Waals surface area contributed by atoms with Crippen molar-refractivity contribution in [2.75, 3.05) is 0 Å². The lowest BCUT2D eigenvalue weighted by Gasteiger charge is -1.93. The van der Waals surface area contributed by atoms with E-state index in [9.17, 15) is 4.79 Å². The maximum absolute atomic E-state index is 10.8. The second-order valence-corrected chi connectivity index (χ2v) is 4.27. The third kappa shape index (κ3) is 12.8. The first kappa shape index (κ1) is 16.8. The van der Waals surface area contributed by atoms with E-state index < -0.39 is 0 Å². The van der Waals surface area contributed by atoms with Crippen molar-refractivity contribution in [2.45, 2.75) is 71.6 Å². The van der Waals surface area contributed by atoms with E-state index in [2.05, 4.69) is 18.8 Å². The van der Waals surface area contributed by atoms with Crippen LogP contribution in [0.3, 0.4) is 0 Å². The molecule has 0 aliphatic heterocycles. The van der Waals surface area contributed by atoms with E-state index >= 15 is 0 Å². The van der Waals surface area contributed by atoms with Crippen LogP contribution in [-0.4, -0.2) is 5.97 Å². The van der Waals surface area contributed by atoms with Gasteiger partial charge in [0.25, 0.3) is 0 Å². The summed E-state index contributed by atoms with van der Waals surface area (Å²) in [5.41, 5.74) is 0. The second-order valence-electron chi connectivity index (χ2n) is 4.27. The van der Waals surface area contributed by atoms with Crippen molar-refractivity contribution in [1.29, 1.82) is 0 Å². The Morgan fingerprint density at radius 2 is 1.78 bits per heavy atom. The normalized spacial score (nSPS) is 10.1. The van der Waals surface area contributed by atoms with Crippen molar-refractivity contribution in [2.24, 2.45) is 0 Å². The van der Waals surface area contributed by atoms with Crippen LogP contribution in [0.2, 0.25) is 0 Å². The van der Waals surface area contributed by atoms with Crippen LogP contribution >= 0.6 is 0 Å². The maximum Gasteiger partial charge on any atom is 0.310 e. The lowest BCUT2D eigenvalue weighted by atomic mass is 10.1. The largest absolute Gasteiger partial charge is 0.435 e. The molecule has 2 heteroatoms. The first-order valence-corrected chi connectivity index (χ1v) is 7.11. The molecule has 0 atom stereocenters. The Kier molecular flexibility index (Phi) is 12.9. The number of hydrogen-bond donors (Lipinski definition) is 0. The van der Waals surface area contributed by atoms with Crippen LogP contribution in [0.25, 0.3) is 0 Å². The average molecular weight is 250 g/mol. The third-order valence-electron chi connectivity index (χ3n) is 2.54. The molecule has 0 radical (unpaired) electrons. The molecule has 102 valence electrons. The van der Waals surface area contributed by atoms with Crippen molar-refractivity contribution >= 4 is 5.97 Å². The topological polar surface area (TPSA) is 26.3 Å². The molecule has 2 nitrogen and oxygen atoms in total. The number of unbranched alkanes of at least 4 members (excludes halogenated alkanes) is 6. The minimum atomic E-state index is -0.182. The summed E-state index contributed by atoms with van der Waals surface area (Å²) in [6.45, 7) is 4.00. The summed E-state index contributed by atoms with van der Waals surface area (Å²) in [7, 11) is 0. The summed E-state index contributed by atoms with van der Waals surface area (Å²) >= 11 is 0. The van der Waals surface area contributed by atoms with Gasteiger partial charge in [-0.05, 0) is 25.3 Å². The Labute approximate surface area is 112 Å². The van der Waals surface area contributed by atoms with Gasteiger partial charge in [-0.2, -0.15) is 0 Å². The van der Waals surface area contributed by atoms with Gasteiger partial charge in [0.05, 0.1) is 6.26 Å². The van der Waals surface area contributed by atoms with Crippen LogP contribution in [-0.2, 0) is 9.53 Å². The highest BCUT2D eigenvalue weighted by Gasteiger charge is 1.91. The predicted molar refractivity (Wildman–Crippen MR) is 75.9 cm³/mol.